The minimum Gasteiger partial charge on any atom is -0.241 e. The smallest absolute Gasteiger partial charge is 0.0967 e. The van der Waals surface area contributed by atoms with Crippen molar-refractivity contribution in [3.63, 3.8) is 0 Å². The Labute approximate surface area is 122 Å². The molecule has 3 heteroatoms. The van der Waals surface area contributed by atoms with Crippen molar-refractivity contribution in [3.8, 4) is 0 Å². The maximum Gasteiger partial charge on any atom is 0.0967 e. The number of rotatable bonds is 2. The van der Waals surface area contributed by atoms with Gasteiger partial charge in [-0.25, -0.2) is 4.98 Å². The van der Waals surface area contributed by atoms with Gasteiger partial charge in [0.15, 0.2) is 0 Å². The molecular weight excluding hydrogens is 306 g/mol. The molecule has 0 saturated heterocycles. The van der Waals surface area contributed by atoms with E-state index in [1.54, 1.807) is 11.8 Å². The Kier molecular flexibility index (Phi) is 4.02. The predicted octanol–water partition coefficient (Wildman–Crippen LogP) is 5.31. The van der Waals surface area contributed by atoms with E-state index in [9.17, 15) is 0 Å². The van der Waals surface area contributed by atoms with Crippen LogP contribution in [0.2, 0.25) is 0 Å². The van der Waals surface area contributed by atoms with Crippen molar-refractivity contribution in [2.24, 2.45) is 5.41 Å². The fraction of sp³-hybridized carbons (Fsp3) is 0.400. The summed E-state index contributed by atoms with van der Waals surface area (Å²) in [7, 11) is 0. The highest BCUT2D eigenvalue weighted by Crippen LogP contribution is 2.30. The summed E-state index contributed by atoms with van der Waals surface area (Å²) in [6, 6.07) is 8.55. The first kappa shape index (κ1) is 13.9. The van der Waals surface area contributed by atoms with E-state index in [1.807, 2.05) is 0 Å². The molecule has 2 aromatic rings. The molecule has 1 nitrogen and oxygen atoms in total. The first-order chi connectivity index (χ1) is 8.39. The van der Waals surface area contributed by atoms with Gasteiger partial charge in [0.05, 0.1) is 10.5 Å². The maximum absolute atomic E-state index is 4.67. The number of pyridine rings is 1. The molecule has 0 aliphatic carbocycles. The fourth-order valence-corrected chi connectivity index (χ4v) is 2.87. The summed E-state index contributed by atoms with van der Waals surface area (Å²) in [6.45, 7) is 6.82. The number of aromatic nitrogens is 1. The van der Waals surface area contributed by atoms with E-state index >= 15 is 0 Å². The van der Waals surface area contributed by atoms with E-state index in [0.29, 0.717) is 0 Å². The number of halogens is 1. The normalized spacial score (nSPS) is 12.1. The van der Waals surface area contributed by atoms with Crippen molar-refractivity contribution in [2.45, 2.75) is 32.2 Å². The number of hydrogen-bond acceptors (Lipinski definition) is 2. The Morgan fingerprint density at radius 3 is 2.56 bits per heavy atom. The number of hydrogen-bond donors (Lipinski definition) is 0. The molecule has 0 amide bonds. The van der Waals surface area contributed by atoms with E-state index in [4.69, 9.17) is 0 Å². The van der Waals surface area contributed by atoms with Crippen LogP contribution >= 0.6 is 27.7 Å². The zero-order valence-electron chi connectivity index (χ0n) is 11.2. The number of benzene rings is 1. The number of nitrogens with zero attached hydrogens (tertiary/aromatic N) is 1. The molecule has 0 unspecified atom stereocenters. The number of thioether (sulfide) groups is 1. The van der Waals surface area contributed by atoms with Crippen LogP contribution in [0.1, 0.15) is 26.3 Å². The molecule has 2 rings (SSSR count). The van der Waals surface area contributed by atoms with Crippen molar-refractivity contribution in [1.82, 2.24) is 4.98 Å². The summed E-state index contributed by atoms with van der Waals surface area (Å²) in [5.41, 5.74) is 2.76. The Morgan fingerprint density at radius 1 is 1.22 bits per heavy atom. The molecule has 0 bridgehead atoms. The van der Waals surface area contributed by atoms with Crippen LogP contribution in [0, 0.1) is 5.41 Å². The van der Waals surface area contributed by atoms with Crippen LogP contribution in [0.5, 0.6) is 0 Å². The van der Waals surface area contributed by atoms with Gasteiger partial charge < -0.3 is 0 Å². The highest BCUT2D eigenvalue weighted by Gasteiger charge is 2.15. The van der Waals surface area contributed by atoms with Crippen LogP contribution < -0.4 is 0 Å². The molecule has 1 aromatic carbocycles. The van der Waals surface area contributed by atoms with E-state index < -0.39 is 0 Å². The minimum absolute atomic E-state index is 0.284. The van der Waals surface area contributed by atoms with Gasteiger partial charge in [-0.3, -0.25) is 0 Å². The van der Waals surface area contributed by atoms with Gasteiger partial charge in [-0.2, -0.15) is 0 Å². The average molecular weight is 324 g/mol. The van der Waals surface area contributed by atoms with Crippen molar-refractivity contribution in [3.05, 3.63) is 34.3 Å². The lowest BCUT2D eigenvalue weighted by Crippen LogP contribution is -2.10. The van der Waals surface area contributed by atoms with Gasteiger partial charge in [0.2, 0.25) is 0 Å². The quantitative estimate of drug-likeness (QED) is 0.695. The predicted molar refractivity (Wildman–Crippen MR) is 84.4 cm³/mol. The SMILES string of the molecule is CSc1cc(CC(C)(C)C)c2cc(Br)ccc2n1. The van der Waals surface area contributed by atoms with Gasteiger partial charge in [0, 0.05) is 9.86 Å². The summed E-state index contributed by atoms with van der Waals surface area (Å²) < 4.78 is 1.11. The van der Waals surface area contributed by atoms with Crippen molar-refractivity contribution < 1.29 is 0 Å². The first-order valence-corrected chi connectivity index (χ1v) is 8.04. The molecule has 96 valence electrons. The molecule has 0 atom stereocenters. The topological polar surface area (TPSA) is 12.9 Å². The van der Waals surface area contributed by atoms with Gasteiger partial charge >= 0.3 is 0 Å². The lowest BCUT2D eigenvalue weighted by molar-refractivity contribution is 0.412. The molecule has 0 radical (unpaired) electrons. The Hall–Kier alpha value is -0.540. The van der Waals surface area contributed by atoms with Gasteiger partial charge in [-0.1, -0.05) is 36.7 Å². The fourth-order valence-electron chi connectivity index (χ4n) is 2.06. The second-order valence-corrected chi connectivity index (χ2v) is 7.46. The van der Waals surface area contributed by atoms with Crippen LogP contribution in [-0.2, 0) is 6.42 Å². The average Bonchev–Trinajstić information content (AvgIpc) is 2.27. The van der Waals surface area contributed by atoms with Crippen molar-refractivity contribution >= 4 is 38.6 Å². The van der Waals surface area contributed by atoms with Gasteiger partial charge in [-0.05, 0) is 47.9 Å². The molecule has 1 heterocycles. The van der Waals surface area contributed by atoms with Gasteiger partial charge in [-0.15, -0.1) is 11.8 Å². The monoisotopic (exact) mass is 323 g/mol. The van der Waals surface area contributed by atoms with Crippen LogP contribution in [0.3, 0.4) is 0 Å². The molecule has 0 saturated carbocycles. The summed E-state index contributed by atoms with van der Waals surface area (Å²) in [4.78, 5) is 4.67. The molecule has 0 spiro atoms. The summed E-state index contributed by atoms with van der Waals surface area (Å²) in [5, 5.41) is 2.36. The second-order valence-electron chi connectivity index (χ2n) is 5.72. The van der Waals surface area contributed by atoms with E-state index in [1.165, 1.54) is 10.9 Å². The Morgan fingerprint density at radius 2 is 1.94 bits per heavy atom. The molecule has 0 fully saturated rings. The summed E-state index contributed by atoms with van der Waals surface area (Å²) in [5.74, 6) is 0. The first-order valence-electron chi connectivity index (χ1n) is 6.02. The minimum atomic E-state index is 0.284. The highest BCUT2D eigenvalue weighted by molar-refractivity contribution is 9.10. The highest BCUT2D eigenvalue weighted by atomic mass is 79.9. The second kappa shape index (κ2) is 5.22. The Bertz CT molecular complexity index is 572. The van der Waals surface area contributed by atoms with Crippen LogP contribution in [0.15, 0.2) is 33.8 Å². The van der Waals surface area contributed by atoms with E-state index in [2.05, 4.69) is 72.2 Å². The van der Waals surface area contributed by atoms with E-state index in [-0.39, 0.29) is 5.41 Å². The standard InChI is InChI=1S/C15H18BrNS/c1-15(2,3)9-10-7-14(18-4)17-13-6-5-11(16)8-12(10)13/h5-8H,9H2,1-4H3. The van der Waals surface area contributed by atoms with Crippen LogP contribution in [0.25, 0.3) is 10.9 Å². The summed E-state index contributed by atoms with van der Waals surface area (Å²) >= 11 is 5.25. The third-order valence-electron chi connectivity index (χ3n) is 2.76. The summed E-state index contributed by atoms with van der Waals surface area (Å²) in [6.07, 6.45) is 3.14. The molecule has 1 aromatic heterocycles. The Balaban J connectivity index is 2.63. The molecular formula is C15H18BrNS. The molecule has 0 aliphatic rings. The van der Waals surface area contributed by atoms with Gasteiger partial charge in [0.1, 0.15) is 0 Å². The van der Waals surface area contributed by atoms with Gasteiger partial charge in [0.25, 0.3) is 0 Å². The van der Waals surface area contributed by atoms with Crippen LogP contribution in [0.4, 0.5) is 0 Å². The van der Waals surface area contributed by atoms with Crippen molar-refractivity contribution in [1.29, 1.82) is 0 Å². The lowest BCUT2D eigenvalue weighted by atomic mass is 9.87. The zero-order chi connectivity index (χ0) is 13.3. The maximum atomic E-state index is 4.67. The largest absolute Gasteiger partial charge is 0.241 e. The van der Waals surface area contributed by atoms with Crippen LogP contribution in [-0.4, -0.2) is 11.2 Å². The molecule has 0 N–H and O–H groups in total. The third kappa shape index (κ3) is 3.27. The lowest BCUT2D eigenvalue weighted by Gasteiger charge is -2.20. The molecule has 18 heavy (non-hydrogen) atoms. The third-order valence-corrected chi connectivity index (χ3v) is 3.88. The van der Waals surface area contributed by atoms with Crippen molar-refractivity contribution in [2.75, 3.05) is 6.26 Å². The zero-order valence-corrected chi connectivity index (χ0v) is 13.7. The molecule has 0 aliphatic heterocycles. The van der Waals surface area contributed by atoms with E-state index in [0.717, 1.165) is 21.4 Å². The number of fused-ring (bicyclic) bond motifs is 1.